The molecule has 2 atom stereocenters. The van der Waals surface area contributed by atoms with Gasteiger partial charge in [0.2, 0.25) is 0 Å². The zero-order valence-corrected chi connectivity index (χ0v) is 8.30. The maximum atomic E-state index is 9.26. The van der Waals surface area contributed by atoms with Crippen LogP contribution in [0.15, 0.2) is 0 Å². The summed E-state index contributed by atoms with van der Waals surface area (Å²) in [7, 11) is 4.08. The summed E-state index contributed by atoms with van der Waals surface area (Å²) in [6.07, 6.45) is 2.08. The average Bonchev–Trinajstić information content (AvgIpc) is 2.10. The van der Waals surface area contributed by atoms with E-state index in [1.807, 2.05) is 7.05 Å². The standard InChI is InChI=1S/C9H20N2O/c1-8-6-9(7-12,10-2)4-5-11(8)3/h8,10,12H,4-7H2,1-3H3. The number of hydrogen-bond acceptors (Lipinski definition) is 3. The van der Waals surface area contributed by atoms with Gasteiger partial charge in [-0.15, -0.1) is 0 Å². The van der Waals surface area contributed by atoms with Crippen molar-refractivity contribution < 1.29 is 5.11 Å². The minimum absolute atomic E-state index is 0.0219. The predicted molar refractivity (Wildman–Crippen MR) is 50.2 cm³/mol. The Morgan fingerprint density at radius 2 is 2.33 bits per heavy atom. The summed E-state index contributed by atoms with van der Waals surface area (Å²) < 4.78 is 0. The van der Waals surface area contributed by atoms with E-state index in [1.54, 1.807) is 0 Å². The van der Waals surface area contributed by atoms with Crippen molar-refractivity contribution in [2.24, 2.45) is 0 Å². The number of likely N-dealkylation sites (tertiary alicyclic amines) is 1. The van der Waals surface area contributed by atoms with Gasteiger partial charge in [0.15, 0.2) is 0 Å². The smallest absolute Gasteiger partial charge is 0.0614 e. The number of likely N-dealkylation sites (N-methyl/N-ethyl adjacent to an activating group) is 1. The van der Waals surface area contributed by atoms with E-state index in [0.29, 0.717) is 6.04 Å². The summed E-state index contributed by atoms with van der Waals surface area (Å²) in [5.41, 5.74) is -0.0219. The van der Waals surface area contributed by atoms with Crippen LogP contribution >= 0.6 is 0 Å². The van der Waals surface area contributed by atoms with Crippen molar-refractivity contribution in [3.63, 3.8) is 0 Å². The van der Waals surface area contributed by atoms with Crippen LogP contribution < -0.4 is 5.32 Å². The van der Waals surface area contributed by atoms with E-state index in [0.717, 1.165) is 19.4 Å². The molecule has 12 heavy (non-hydrogen) atoms. The fraction of sp³-hybridized carbons (Fsp3) is 1.00. The Hall–Kier alpha value is -0.120. The van der Waals surface area contributed by atoms with Crippen LogP contribution in [0.5, 0.6) is 0 Å². The van der Waals surface area contributed by atoms with Gasteiger partial charge in [-0.25, -0.2) is 0 Å². The van der Waals surface area contributed by atoms with Gasteiger partial charge in [0.25, 0.3) is 0 Å². The van der Waals surface area contributed by atoms with Crippen molar-refractivity contribution in [1.82, 2.24) is 10.2 Å². The van der Waals surface area contributed by atoms with Crippen molar-refractivity contribution in [2.45, 2.75) is 31.3 Å². The molecule has 3 heteroatoms. The van der Waals surface area contributed by atoms with E-state index in [2.05, 4.69) is 24.2 Å². The molecule has 1 aliphatic rings. The SMILES string of the molecule is CNC1(CO)CCN(C)C(C)C1. The summed E-state index contributed by atoms with van der Waals surface area (Å²) in [4.78, 5) is 2.34. The molecule has 0 radical (unpaired) electrons. The number of aliphatic hydroxyl groups is 1. The van der Waals surface area contributed by atoms with Crippen LogP contribution in [0.3, 0.4) is 0 Å². The first-order valence-corrected chi connectivity index (χ1v) is 4.63. The van der Waals surface area contributed by atoms with Gasteiger partial charge in [-0.05, 0) is 40.4 Å². The molecule has 0 saturated carbocycles. The number of nitrogens with one attached hydrogen (secondary N) is 1. The minimum atomic E-state index is -0.0219. The molecular formula is C9H20N2O. The van der Waals surface area contributed by atoms with Crippen LogP contribution in [0.2, 0.25) is 0 Å². The largest absolute Gasteiger partial charge is 0.394 e. The molecule has 0 bridgehead atoms. The molecule has 3 nitrogen and oxygen atoms in total. The number of nitrogens with zero attached hydrogens (tertiary/aromatic N) is 1. The lowest BCUT2D eigenvalue weighted by atomic mass is 9.85. The Morgan fingerprint density at radius 1 is 1.67 bits per heavy atom. The second-order valence-electron chi connectivity index (χ2n) is 3.97. The molecule has 1 saturated heterocycles. The maximum absolute atomic E-state index is 9.26. The van der Waals surface area contributed by atoms with E-state index >= 15 is 0 Å². The monoisotopic (exact) mass is 172 g/mol. The fourth-order valence-electron chi connectivity index (χ4n) is 1.88. The maximum Gasteiger partial charge on any atom is 0.0614 e. The molecule has 2 N–H and O–H groups in total. The van der Waals surface area contributed by atoms with E-state index in [-0.39, 0.29) is 12.1 Å². The fourth-order valence-corrected chi connectivity index (χ4v) is 1.88. The molecule has 1 heterocycles. The highest BCUT2D eigenvalue weighted by atomic mass is 16.3. The number of piperidine rings is 1. The third-order valence-corrected chi connectivity index (χ3v) is 3.21. The lowest BCUT2D eigenvalue weighted by Gasteiger charge is -2.43. The van der Waals surface area contributed by atoms with Gasteiger partial charge in [0.05, 0.1) is 6.61 Å². The van der Waals surface area contributed by atoms with Crippen LogP contribution in [0.1, 0.15) is 19.8 Å². The molecule has 1 rings (SSSR count). The third kappa shape index (κ3) is 1.79. The predicted octanol–water partition coefficient (Wildman–Crippen LogP) is 0.0510. The normalized spacial score (nSPS) is 38.5. The highest BCUT2D eigenvalue weighted by Crippen LogP contribution is 2.24. The van der Waals surface area contributed by atoms with Gasteiger partial charge < -0.3 is 15.3 Å². The second-order valence-corrected chi connectivity index (χ2v) is 3.97. The van der Waals surface area contributed by atoms with Crippen molar-refractivity contribution in [3.8, 4) is 0 Å². The zero-order valence-electron chi connectivity index (χ0n) is 8.30. The van der Waals surface area contributed by atoms with Gasteiger partial charge in [0.1, 0.15) is 0 Å². The number of hydrogen-bond donors (Lipinski definition) is 2. The number of aliphatic hydroxyl groups excluding tert-OH is 1. The summed E-state index contributed by atoms with van der Waals surface area (Å²) in [5, 5.41) is 12.5. The lowest BCUT2D eigenvalue weighted by molar-refractivity contribution is 0.0645. The van der Waals surface area contributed by atoms with Crippen LogP contribution in [-0.2, 0) is 0 Å². The van der Waals surface area contributed by atoms with E-state index < -0.39 is 0 Å². The molecule has 1 aliphatic heterocycles. The summed E-state index contributed by atoms with van der Waals surface area (Å²) in [6, 6.07) is 0.568. The van der Waals surface area contributed by atoms with Crippen molar-refractivity contribution in [1.29, 1.82) is 0 Å². The molecule has 1 fully saturated rings. The van der Waals surface area contributed by atoms with Gasteiger partial charge in [-0.3, -0.25) is 0 Å². The quantitative estimate of drug-likeness (QED) is 0.618. The highest BCUT2D eigenvalue weighted by molar-refractivity contribution is 4.94. The Kier molecular flexibility index (Phi) is 3.09. The molecule has 0 aromatic rings. The molecule has 0 spiro atoms. The highest BCUT2D eigenvalue weighted by Gasteiger charge is 2.34. The summed E-state index contributed by atoms with van der Waals surface area (Å²) >= 11 is 0. The van der Waals surface area contributed by atoms with Crippen LogP contribution in [0, 0.1) is 0 Å². The van der Waals surface area contributed by atoms with Gasteiger partial charge >= 0.3 is 0 Å². The van der Waals surface area contributed by atoms with Crippen molar-refractivity contribution in [2.75, 3.05) is 27.2 Å². The molecule has 0 aliphatic carbocycles. The lowest BCUT2D eigenvalue weighted by Crippen LogP contribution is -2.56. The van der Waals surface area contributed by atoms with Gasteiger partial charge in [-0.2, -0.15) is 0 Å². The minimum Gasteiger partial charge on any atom is -0.394 e. The Bertz CT molecular complexity index is 145. The summed E-state index contributed by atoms with van der Waals surface area (Å²) in [6.45, 7) is 3.53. The van der Waals surface area contributed by atoms with Crippen molar-refractivity contribution >= 4 is 0 Å². The molecule has 0 amide bonds. The molecule has 0 aromatic heterocycles. The van der Waals surface area contributed by atoms with E-state index in [1.165, 1.54) is 0 Å². The molecule has 2 unspecified atom stereocenters. The van der Waals surface area contributed by atoms with Crippen LogP contribution in [0.25, 0.3) is 0 Å². The first-order valence-electron chi connectivity index (χ1n) is 4.63. The Balaban J connectivity index is 2.58. The first kappa shape index (κ1) is 9.96. The van der Waals surface area contributed by atoms with E-state index in [4.69, 9.17) is 0 Å². The van der Waals surface area contributed by atoms with E-state index in [9.17, 15) is 5.11 Å². The Labute approximate surface area is 74.8 Å². The average molecular weight is 172 g/mol. The second kappa shape index (κ2) is 3.73. The number of rotatable bonds is 2. The van der Waals surface area contributed by atoms with Crippen LogP contribution in [0.4, 0.5) is 0 Å². The van der Waals surface area contributed by atoms with Crippen molar-refractivity contribution in [3.05, 3.63) is 0 Å². The van der Waals surface area contributed by atoms with Gasteiger partial charge in [0, 0.05) is 11.6 Å². The Morgan fingerprint density at radius 3 is 2.75 bits per heavy atom. The van der Waals surface area contributed by atoms with Crippen LogP contribution in [-0.4, -0.2) is 48.8 Å². The molecule has 0 aromatic carbocycles. The third-order valence-electron chi connectivity index (χ3n) is 3.21. The molecule has 72 valence electrons. The van der Waals surface area contributed by atoms with Gasteiger partial charge in [-0.1, -0.05) is 0 Å². The molecular weight excluding hydrogens is 152 g/mol. The summed E-state index contributed by atoms with van der Waals surface area (Å²) in [5.74, 6) is 0. The zero-order chi connectivity index (χ0) is 9.19. The topological polar surface area (TPSA) is 35.5 Å². The first-order chi connectivity index (χ1) is 5.63.